The molecule has 0 spiro atoms. The first-order valence-electron chi connectivity index (χ1n) is 12.0. The summed E-state index contributed by atoms with van der Waals surface area (Å²) in [7, 11) is 0. The van der Waals surface area contributed by atoms with Gasteiger partial charge in [-0.05, 0) is 62.7 Å². The number of hydrogen-bond acceptors (Lipinski definition) is 7. The Bertz CT molecular complexity index is 1330. The third kappa shape index (κ3) is 6.61. The first kappa shape index (κ1) is 25.6. The van der Waals surface area contributed by atoms with Crippen LogP contribution in [0.2, 0.25) is 0 Å². The van der Waals surface area contributed by atoms with Crippen LogP contribution in [0.4, 0.5) is 0 Å². The van der Waals surface area contributed by atoms with Gasteiger partial charge in [-0.1, -0.05) is 30.3 Å². The fourth-order valence-corrected chi connectivity index (χ4v) is 3.45. The highest BCUT2D eigenvalue weighted by molar-refractivity contribution is 5.87. The van der Waals surface area contributed by atoms with Crippen molar-refractivity contribution < 1.29 is 23.8 Å². The van der Waals surface area contributed by atoms with Crippen molar-refractivity contribution >= 4 is 11.9 Å². The highest BCUT2D eigenvalue weighted by atomic mass is 16.5. The number of esters is 2. The number of carbonyl (C=O) groups is 2. The van der Waals surface area contributed by atoms with E-state index < -0.39 is 11.4 Å². The molecule has 4 rings (SSSR count). The van der Waals surface area contributed by atoms with Gasteiger partial charge >= 0.3 is 11.9 Å². The van der Waals surface area contributed by atoms with Crippen molar-refractivity contribution in [1.82, 2.24) is 15.0 Å². The topological polar surface area (TPSA) is 103 Å². The molecule has 2 aromatic carbocycles. The molecular weight excluding hydrogens is 470 g/mol. The summed E-state index contributed by atoms with van der Waals surface area (Å²) in [6.45, 7) is 6.07. The van der Waals surface area contributed by atoms with Gasteiger partial charge in [-0.25, -0.2) is 9.78 Å². The highest BCUT2D eigenvalue weighted by Crippen LogP contribution is 2.25. The lowest BCUT2D eigenvalue weighted by molar-refractivity contribution is -0.157. The van der Waals surface area contributed by atoms with Gasteiger partial charge in [-0.15, -0.1) is 0 Å². The van der Waals surface area contributed by atoms with Crippen LogP contribution in [-0.2, 0) is 20.9 Å². The Labute approximate surface area is 215 Å². The molecular formula is C29H29N3O5. The molecule has 0 radical (unpaired) electrons. The van der Waals surface area contributed by atoms with Crippen LogP contribution in [0.3, 0.4) is 0 Å². The summed E-state index contributed by atoms with van der Waals surface area (Å²) in [4.78, 5) is 36.1. The second-order valence-corrected chi connectivity index (χ2v) is 9.06. The fraction of sp³-hybridized carbons (Fsp3) is 0.241. The van der Waals surface area contributed by atoms with E-state index in [1.165, 1.54) is 6.20 Å². The molecule has 2 heterocycles. The number of nitrogens with zero attached hydrogens (tertiary/aromatic N) is 2. The standard InChI is InChI=1S/C29H29N3O5/c1-4-35-27(33)25-17-31-26(32-25)22-12-15-24(30-16-22)21-10-13-23(14-11-21)37-19-29(2,3)28(34)36-18-20-8-6-5-7-9-20/h5-17H,4,18-19H2,1-3H3,(H,31,32). The summed E-state index contributed by atoms with van der Waals surface area (Å²) in [5, 5.41) is 0. The first-order valence-corrected chi connectivity index (χ1v) is 12.0. The van der Waals surface area contributed by atoms with E-state index in [9.17, 15) is 9.59 Å². The minimum Gasteiger partial charge on any atom is -0.492 e. The maximum atomic E-state index is 12.6. The Morgan fingerprint density at radius 3 is 2.27 bits per heavy atom. The highest BCUT2D eigenvalue weighted by Gasteiger charge is 2.30. The first-order chi connectivity index (χ1) is 17.9. The SMILES string of the molecule is CCOC(=O)c1cnc(-c2ccc(-c3ccc(OCC(C)(C)C(=O)OCc4ccccc4)cc3)nc2)[nH]1. The number of imidazole rings is 1. The number of hydrogen-bond donors (Lipinski definition) is 1. The molecule has 0 aliphatic carbocycles. The predicted molar refractivity (Wildman–Crippen MR) is 139 cm³/mol. The number of ether oxygens (including phenoxy) is 3. The third-order valence-corrected chi connectivity index (χ3v) is 5.62. The summed E-state index contributed by atoms with van der Waals surface area (Å²) in [5.41, 5.74) is 2.87. The Kier molecular flexibility index (Phi) is 7.98. The number of aromatic nitrogens is 3. The van der Waals surface area contributed by atoms with Crippen LogP contribution < -0.4 is 4.74 Å². The van der Waals surface area contributed by atoms with Crippen LogP contribution in [0.25, 0.3) is 22.6 Å². The van der Waals surface area contributed by atoms with Gasteiger partial charge in [-0.3, -0.25) is 9.78 Å². The van der Waals surface area contributed by atoms with E-state index in [1.54, 1.807) is 27.0 Å². The van der Waals surface area contributed by atoms with Crippen LogP contribution in [0.5, 0.6) is 5.75 Å². The number of aromatic amines is 1. The predicted octanol–water partition coefficient (Wildman–Crippen LogP) is 5.46. The molecule has 37 heavy (non-hydrogen) atoms. The molecule has 0 amide bonds. The van der Waals surface area contributed by atoms with Crippen molar-refractivity contribution in [3.63, 3.8) is 0 Å². The summed E-state index contributed by atoms with van der Waals surface area (Å²) in [5.74, 6) is 0.422. The third-order valence-electron chi connectivity index (χ3n) is 5.62. The zero-order chi connectivity index (χ0) is 26.3. The second kappa shape index (κ2) is 11.5. The summed E-state index contributed by atoms with van der Waals surface area (Å²) in [6.07, 6.45) is 3.14. The molecule has 2 aromatic heterocycles. The summed E-state index contributed by atoms with van der Waals surface area (Å²) >= 11 is 0. The molecule has 0 aliphatic heterocycles. The van der Waals surface area contributed by atoms with Gasteiger partial charge in [-0.2, -0.15) is 0 Å². The van der Waals surface area contributed by atoms with E-state index in [-0.39, 0.29) is 19.2 Å². The lowest BCUT2D eigenvalue weighted by Crippen LogP contribution is -2.32. The van der Waals surface area contributed by atoms with Gasteiger partial charge in [0.25, 0.3) is 0 Å². The van der Waals surface area contributed by atoms with Crippen molar-refractivity contribution in [2.24, 2.45) is 5.41 Å². The Hall–Kier alpha value is -4.46. The van der Waals surface area contributed by atoms with Gasteiger partial charge in [0.2, 0.25) is 0 Å². The van der Waals surface area contributed by atoms with Crippen LogP contribution in [0.1, 0.15) is 36.8 Å². The number of carbonyl (C=O) groups excluding carboxylic acids is 2. The van der Waals surface area contributed by atoms with E-state index >= 15 is 0 Å². The summed E-state index contributed by atoms with van der Waals surface area (Å²) in [6, 6.07) is 20.8. The molecule has 0 aliphatic rings. The minimum absolute atomic E-state index is 0.184. The van der Waals surface area contributed by atoms with Crippen molar-refractivity contribution in [3.8, 4) is 28.4 Å². The zero-order valence-electron chi connectivity index (χ0n) is 21.1. The minimum atomic E-state index is -0.802. The van der Waals surface area contributed by atoms with Gasteiger partial charge in [0.1, 0.15) is 30.5 Å². The van der Waals surface area contributed by atoms with Gasteiger partial charge in [0, 0.05) is 17.3 Å². The fourth-order valence-electron chi connectivity index (χ4n) is 3.45. The normalized spacial score (nSPS) is 11.1. The van der Waals surface area contributed by atoms with E-state index in [4.69, 9.17) is 14.2 Å². The summed E-state index contributed by atoms with van der Waals surface area (Å²) < 4.78 is 16.3. The monoisotopic (exact) mass is 499 g/mol. The lowest BCUT2D eigenvalue weighted by Gasteiger charge is -2.23. The maximum Gasteiger partial charge on any atom is 0.356 e. The average Bonchev–Trinajstić information content (AvgIpc) is 3.42. The number of nitrogens with one attached hydrogen (secondary N) is 1. The molecule has 190 valence electrons. The van der Waals surface area contributed by atoms with Crippen LogP contribution in [-0.4, -0.2) is 40.1 Å². The van der Waals surface area contributed by atoms with Gasteiger partial charge < -0.3 is 19.2 Å². The van der Waals surface area contributed by atoms with E-state index in [0.717, 1.165) is 22.4 Å². The largest absolute Gasteiger partial charge is 0.492 e. The Morgan fingerprint density at radius 1 is 0.865 bits per heavy atom. The molecule has 4 aromatic rings. The Morgan fingerprint density at radius 2 is 1.59 bits per heavy atom. The molecule has 0 bridgehead atoms. The molecule has 0 unspecified atom stereocenters. The van der Waals surface area contributed by atoms with E-state index in [0.29, 0.717) is 23.9 Å². The molecule has 1 N–H and O–H groups in total. The molecule has 0 saturated heterocycles. The number of H-pyrrole nitrogens is 1. The van der Waals surface area contributed by atoms with E-state index in [1.807, 2.05) is 66.7 Å². The van der Waals surface area contributed by atoms with Crippen LogP contribution in [0, 0.1) is 5.41 Å². The Balaban J connectivity index is 1.32. The molecule has 0 fully saturated rings. The molecule has 0 saturated carbocycles. The number of rotatable bonds is 10. The van der Waals surface area contributed by atoms with Crippen LogP contribution in [0.15, 0.2) is 79.1 Å². The lowest BCUT2D eigenvalue weighted by atomic mass is 9.95. The number of benzene rings is 2. The zero-order valence-corrected chi connectivity index (χ0v) is 21.1. The van der Waals surface area contributed by atoms with Crippen LogP contribution >= 0.6 is 0 Å². The van der Waals surface area contributed by atoms with E-state index in [2.05, 4.69) is 15.0 Å². The smallest absolute Gasteiger partial charge is 0.356 e. The van der Waals surface area contributed by atoms with Crippen molar-refractivity contribution in [2.45, 2.75) is 27.4 Å². The molecule has 0 atom stereocenters. The average molecular weight is 500 g/mol. The second-order valence-electron chi connectivity index (χ2n) is 9.06. The van der Waals surface area contributed by atoms with Crippen molar-refractivity contribution in [1.29, 1.82) is 0 Å². The molecule has 8 nitrogen and oxygen atoms in total. The van der Waals surface area contributed by atoms with Crippen molar-refractivity contribution in [3.05, 3.63) is 90.4 Å². The van der Waals surface area contributed by atoms with Gasteiger partial charge in [0.05, 0.1) is 23.9 Å². The van der Waals surface area contributed by atoms with Crippen molar-refractivity contribution in [2.75, 3.05) is 13.2 Å². The maximum absolute atomic E-state index is 12.6. The number of pyridine rings is 1. The quantitative estimate of drug-likeness (QED) is 0.289. The molecule has 8 heteroatoms. The van der Waals surface area contributed by atoms with Gasteiger partial charge in [0.15, 0.2) is 0 Å².